The summed E-state index contributed by atoms with van der Waals surface area (Å²) in [5, 5.41) is 15.1. The monoisotopic (exact) mass is 702 g/mol. The standard InChI is InChI=1S/C52H30OS/c1-2-10-34-27-37(22-19-31(34)9-1)51-40-13-5-3-11-38(40)50(39-12-4-6-14-41(39)51)33-20-17-32(18-21-33)35-24-26-48-44(28-35)45-29-36-23-25-47-52(43(36)30-49(45)54-48)42-15-7-8-16-46(42)53-47/h1-30H. The fraction of sp³-hybridized carbons (Fsp3) is 0. The lowest BCUT2D eigenvalue weighted by Crippen LogP contribution is -1.91. The van der Waals surface area contributed by atoms with Gasteiger partial charge < -0.3 is 4.42 Å². The smallest absolute Gasteiger partial charge is 0.136 e. The third kappa shape index (κ3) is 4.38. The van der Waals surface area contributed by atoms with Crippen molar-refractivity contribution in [2.75, 3.05) is 0 Å². The van der Waals surface area contributed by atoms with Gasteiger partial charge in [0.2, 0.25) is 0 Å². The molecule has 0 unspecified atom stereocenters. The summed E-state index contributed by atoms with van der Waals surface area (Å²) in [6, 6.07) is 66.9. The van der Waals surface area contributed by atoms with Crippen molar-refractivity contribution in [2.45, 2.75) is 0 Å². The highest BCUT2D eigenvalue weighted by Gasteiger charge is 2.18. The normalized spacial score (nSPS) is 12.1. The van der Waals surface area contributed by atoms with E-state index in [1.54, 1.807) is 0 Å². The van der Waals surface area contributed by atoms with E-state index < -0.39 is 0 Å². The summed E-state index contributed by atoms with van der Waals surface area (Å²) in [6.45, 7) is 0. The van der Waals surface area contributed by atoms with Crippen LogP contribution < -0.4 is 0 Å². The summed E-state index contributed by atoms with van der Waals surface area (Å²) in [7, 11) is 0. The highest BCUT2D eigenvalue weighted by Crippen LogP contribution is 2.45. The fourth-order valence-corrected chi connectivity index (χ4v) is 10.0. The van der Waals surface area contributed by atoms with Gasteiger partial charge in [-0.1, -0.05) is 140 Å². The van der Waals surface area contributed by atoms with Crippen molar-refractivity contribution in [3.8, 4) is 33.4 Å². The Balaban J connectivity index is 0.986. The van der Waals surface area contributed by atoms with E-state index in [0.29, 0.717) is 0 Å². The number of fused-ring (bicyclic) bond motifs is 11. The first-order chi connectivity index (χ1) is 26.7. The Morgan fingerprint density at radius 2 is 0.870 bits per heavy atom. The van der Waals surface area contributed by atoms with E-state index in [2.05, 4.69) is 176 Å². The Bertz CT molecular complexity index is 3430. The molecule has 2 aromatic heterocycles. The number of benzene rings is 10. The zero-order valence-corrected chi connectivity index (χ0v) is 30.0. The first kappa shape index (κ1) is 29.8. The molecule has 0 N–H and O–H groups in total. The Hall–Kier alpha value is -6.74. The minimum atomic E-state index is 0.937. The third-order valence-electron chi connectivity index (χ3n) is 11.4. The fourth-order valence-electron chi connectivity index (χ4n) is 8.92. The highest BCUT2D eigenvalue weighted by molar-refractivity contribution is 7.25. The second kappa shape index (κ2) is 11.4. The van der Waals surface area contributed by atoms with Gasteiger partial charge in [-0.2, -0.15) is 0 Å². The molecule has 0 aliphatic heterocycles. The summed E-state index contributed by atoms with van der Waals surface area (Å²) in [5.74, 6) is 0. The number of rotatable bonds is 3. The topological polar surface area (TPSA) is 13.1 Å². The maximum Gasteiger partial charge on any atom is 0.136 e. The lowest BCUT2D eigenvalue weighted by molar-refractivity contribution is 0.669. The van der Waals surface area contributed by atoms with Crippen LogP contribution in [0.1, 0.15) is 0 Å². The van der Waals surface area contributed by atoms with Crippen molar-refractivity contribution in [3.05, 3.63) is 182 Å². The molecule has 0 saturated carbocycles. The van der Waals surface area contributed by atoms with Gasteiger partial charge in [-0.05, 0) is 119 Å². The Morgan fingerprint density at radius 1 is 0.296 bits per heavy atom. The molecule has 250 valence electrons. The van der Waals surface area contributed by atoms with Crippen molar-refractivity contribution in [2.24, 2.45) is 0 Å². The molecular weight excluding hydrogens is 673 g/mol. The molecule has 54 heavy (non-hydrogen) atoms. The van der Waals surface area contributed by atoms with Gasteiger partial charge in [0, 0.05) is 30.9 Å². The molecule has 0 fully saturated rings. The van der Waals surface area contributed by atoms with Crippen molar-refractivity contribution in [3.63, 3.8) is 0 Å². The van der Waals surface area contributed by atoms with Gasteiger partial charge >= 0.3 is 0 Å². The van der Waals surface area contributed by atoms with Crippen LogP contribution in [0, 0.1) is 0 Å². The quantitative estimate of drug-likeness (QED) is 0.167. The van der Waals surface area contributed by atoms with Gasteiger partial charge in [0.25, 0.3) is 0 Å². The molecule has 0 saturated heterocycles. The van der Waals surface area contributed by atoms with E-state index >= 15 is 0 Å². The SMILES string of the molecule is c1ccc2cc(-c3c4ccccc4c(-c4ccc(-c5ccc6sc7cc8c(ccc9oc%10ccccc%10c98)cc7c6c5)cc4)c4ccccc34)ccc2c1. The van der Waals surface area contributed by atoms with Crippen LogP contribution in [0.3, 0.4) is 0 Å². The summed E-state index contributed by atoms with van der Waals surface area (Å²) in [4.78, 5) is 0. The first-order valence-corrected chi connectivity index (χ1v) is 19.3. The Labute approximate surface area is 314 Å². The molecule has 0 atom stereocenters. The van der Waals surface area contributed by atoms with Gasteiger partial charge in [0.15, 0.2) is 0 Å². The van der Waals surface area contributed by atoms with Crippen LogP contribution in [-0.4, -0.2) is 0 Å². The van der Waals surface area contributed by atoms with Crippen molar-refractivity contribution < 1.29 is 4.42 Å². The molecule has 0 spiro atoms. The molecule has 2 heteroatoms. The van der Waals surface area contributed by atoms with Gasteiger partial charge in [-0.25, -0.2) is 0 Å². The lowest BCUT2D eigenvalue weighted by Gasteiger charge is -2.18. The maximum absolute atomic E-state index is 6.21. The predicted octanol–water partition coefficient (Wildman–Crippen LogP) is 15.6. The molecule has 0 aliphatic rings. The largest absolute Gasteiger partial charge is 0.456 e. The van der Waals surface area contributed by atoms with E-state index in [9.17, 15) is 0 Å². The van der Waals surface area contributed by atoms with E-state index in [4.69, 9.17) is 4.42 Å². The first-order valence-electron chi connectivity index (χ1n) is 18.5. The molecule has 2 heterocycles. The number of thiophene rings is 1. The van der Waals surface area contributed by atoms with Gasteiger partial charge in [0.1, 0.15) is 11.2 Å². The van der Waals surface area contributed by atoms with Crippen molar-refractivity contribution >= 4 is 96.5 Å². The molecule has 0 amide bonds. The second-order valence-corrected chi connectivity index (χ2v) is 15.5. The second-order valence-electron chi connectivity index (χ2n) is 14.4. The maximum atomic E-state index is 6.21. The minimum Gasteiger partial charge on any atom is -0.456 e. The average molecular weight is 703 g/mol. The lowest BCUT2D eigenvalue weighted by atomic mass is 9.85. The molecule has 0 bridgehead atoms. The van der Waals surface area contributed by atoms with E-state index in [0.717, 1.165) is 11.2 Å². The summed E-state index contributed by atoms with van der Waals surface area (Å²) in [6.07, 6.45) is 0. The van der Waals surface area contributed by atoms with Crippen molar-refractivity contribution in [1.82, 2.24) is 0 Å². The van der Waals surface area contributed by atoms with Crippen LogP contribution >= 0.6 is 11.3 Å². The number of para-hydroxylation sites is 1. The van der Waals surface area contributed by atoms with Crippen LogP contribution in [0.5, 0.6) is 0 Å². The predicted molar refractivity (Wildman–Crippen MR) is 233 cm³/mol. The number of hydrogen-bond acceptors (Lipinski definition) is 2. The van der Waals surface area contributed by atoms with Crippen LogP contribution in [0.4, 0.5) is 0 Å². The van der Waals surface area contributed by atoms with Gasteiger partial charge in [-0.15, -0.1) is 11.3 Å². The third-order valence-corrected chi connectivity index (χ3v) is 12.6. The van der Waals surface area contributed by atoms with E-state index in [1.807, 2.05) is 17.4 Å². The molecule has 1 nitrogen and oxygen atoms in total. The summed E-state index contributed by atoms with van der Waals surface area (Å²) in [5.41, 5.74) is 9.36. The summed E-state index contributed by atoms with van der Waals surface area (Å²) >= 11 is 1.87. The molecule has 0 aliphatic carbocycles. The molecular formula is C52H30OS. The molecule has 12 rings (SSSR count). The van der Waals surface area contributed by atoms with Gasteiger partial charge in [0.05, 0.1) is 0 Å². The highest BCUT2D eigenvalue weighted by atomic mass is 32.1. The minimum absolute atomic E-state index is 0.937. The van der Waals surface area contributed by atoms with Crippen molar-refractivity contribution in [1.29, 1.82) is 0 Å². The number of furan rings is 1. The van der Waals surface area contributed by atoms with Crippen LogP contribution in [0.2, 0.25) is 0 Å². The summed E-state index contributed by atoms with van der Waals surface area (Å²) < 4.78 is 8.82. The van der Waals surface area contributed by atoms with Crippen LogP contribution in [0.15, 0.2) is 186 Å². The Morgan fingerprint density at radius 3 is 1.63 bits per heavy atom. The van der Waals surface area contributed by atoms with Crippen LogP contribution in [0.25, 0.3) is 119 Å². The molecule has 0 radical (unpaired) electrons. The zero-order chi connectivity index (χ0) is 35.3. The van der Waals surface area contributed by atoms with Gasteiger partial charge in [-0.3, -0.25) is 0 Å². The molecule has 10 aromatic carbocycles. The Kier molecular flexibility index (Phi) is 6.28. The van der Waals surface area contributed by atoms with Crippen LogP contribution in [-0.2, 0) is 0 Å². The van der Waals surface area contributed by atoms with E-state index in [-0.39, 0.29) is 0 Å². The number of hydrogen-bond donors (Lipinski definition) is 0. The molecule has 12 aromatic rings. The average Bonchev–Trinajstić information content (AvgIpc) is 3.79. The zero-order valence-electron chi connectivity index (χ0n) is 29.1. The van der Waals surface area contributed by atoms with E-state index in [1.165, 1.54) is 107 Å².